The van der Waals surface area contributed by atoms with Gasteiger partial charge in [0.15, 0.2) is 0 Å². The molecule has 1 fully saturated rings. The molecule has 0 spiro atoms. The summed E-state index contributed by atoms with van der Waals surface area (Å²) >= 11 is 0. The van der Waals surface area contributed by atoms with Gasteiger partial charge < -0.3 is 5.32 Å². The predicted molar refractivity (Wildman–Crippen MR) is 122 cm³/mol. The van der Waals surface area contributed by atoms with Crippen LogP contribution in [-0.4, -0.2) is 30.0 Å². The van der Waals surface area contributed by atoms with Crippen LogP contribution in [0.1, 0.15) is 37.7 Å². The third-order valence-corrected chi connectivity index (χ3v) is 7.12. The summed E-state index contributed by atoms with van der Waals surface area (Å²) in [4.78, 5) is 29.0. The zero-order valence-electron chi connectivity index (χ0n) is 17.7. The Morgan fingerprint density at radius 3 is 2.50 bits per heavy atom. The van der Waals surface area contributed by atoms with Gasteiger partial charge in [-0.2, -0.15) is 0 Å². The largest absolute Gasteiger partial charge is 0.335 e. The molecular weight excluding hydrogens is 428 g/mol. The molecular formula is C23H26N4O4S. The van der Waals surface area contributed by atoms with Crippen molar-refractivity contribution >= 4 is 27.0 Å². The fourth-order valence-corrected chi connectivity index (χ4v) is 4.91. The van der Waals surface area contributed by atoms with E-state index in [-0.39, 0.29) is 16.5 Å². The highest BCUT2D eigenvalue weighted by Gasteiger charge is 2.21. The second kappa shape index (κ2) is 9.52. The monoisotopic (exact) mass is 454 g/mol. The average molecular weight is 455 g/mol. The molecule has 0 saturated heterocycles. The summed E-state index contributed by atoms with van der Waals surface area (Å²) in [6, 6.07) is 12.8. The van der Waals surface area contributed by atoms with Crippen LogP contribution in [0.3, 0.4) is 0 Å². The third kappa shape index (κ3) is 5.16. The summed E-state index contributed by atoms with van der Waals surface area (Å²) in [5.74, 6) is 0. The van der Waals surface area contributed by atoms with E-state index in [1.807, 2.05) is 6.07 Å². The van der Waals surface area contributed by atoms with Gasteiger partial charge in [-0.1, -0.05) is 43.5 Å². The van der Waals surface area contributed by atoms with Gasteiger partial charge in [0.2, 0.25) is 0 Å². The van der Waals surface area contributed by atoms with Gasteiger partial charge in [0, 0.05) is 12.6 Å². The van der Waals surface area contributed by atoms with Crippen molar-refractivity contribution in [2.45, 2.75) is 56.0 Å². The van der Waals surface area contributed by atoms with Gasteiger partial charge in [-0.05, 0) is 49.1 Å². The number of fused-ring (bicyclic) bond motifs is 1. The Labute approximate surface area is 186 Å². The first kappa shape index (κ1) is 22.0. The highest BCUT2D eigenvalue weighted by atomic mass is 32.2. The smallest absolute Gasteiger partial charge is 0.328 e. The molecule has 1 aliphatic rings. The lowest BCUT2D eigenvalue weighted by Gasteiger charge is -2.22. The van der Waals surface area contributed by atoms with Crippen LogP contribution in [0.15, 0.2) is 64.5 Å². The van der Waals surface area contributed by atoms with E-state index in [0.29, 0.717) is 23.9 Å². The van der Waals surface area contributed by atoms with E-state index >= 15 is 0 Å². The van der Waals surface area contributed by atoms with Crippen molar-refractivity contribution in [1.82, 2.24) is 19.6 Å². The summed E-state index contributed by atoms with van der Waals surface area (Å²) in [6.45, 7) is 0.421. The van der Waals surface area contributed by atoms with E-state index < -0.39 is 16.1 Å². The minimum atomic E-state index is -3.95. The number of nitrogens with zero attached hydrogens (tertiary/aromatic N) is 2. The zero-order valence-corrected chi connectivity index (χ0v) is 18.5. The van der Waals surface area contributed by atoms with E-state index in [1.165, 1.54) is 18.5 Å². The minimum absolute atomic E-state index is 0.0181. The standard InChI is InChI=1S/C23H26N4O4S/c28-22-20-8-4-5-9-21(20)24-16-27(22)15-14-17-10-12-19(13-11-17)32(30,31)26-23(29)25-18-6-2-1-3-7-18/h4-5,8-13,16,18H,1-3,6-7,14-15H2,(H2,25,26,29). The maximum Gasteiger partial charge on any atom is 0.328 e. The molecule has 2 aromatic carbocycles. The van der Waals surface area contributed by atoms with Crippen LogP contribution in [0.5, 0.6) is 0 Å². The van der Waals surface area contributed by atoms with Crippen LogP contribution in [0.2, 0.25) is 0 Å². The molecule has 1 aliphatic carbocycles. The molecule has 1 aromatic heterocycles. The highest BCUT2D eigenvalue weighted by Crippen LogP contribution is 2.17. The lowest BCUT2D eigenvalue weighted by atomic mass is 9.96. The SMILES string of the molecule is O=C(NC1CCCCC1)NS(=O)(=O)c1ccc(CCn2cnc3ccccc3c2=O)cc1. The topological polar surface area (TPSA) is 110 Å². The van der Waals surface area contributed by atoms with Crippen LogP contribution in [0.25, 0.3) is 10.9 Å². The molecule has 0 atom stereocenters. The number of carbonyl (C=O) groups is 1. The van der Waals surface area contributed by atoms with Gasteiger partial charge in [-0.25, -0.2) is 22.9 Å². The Morgan fingerprint density at radius 1 is 1.03 bits per heavy atom. The Balaban J connectivity index is 1.37. The fraction of sp³-hybridized carbons (Fsp3) is 0.348. The average Bonchev–Trinajstić information content (AvgIpc) is 2.79. The number of rotatable bonds is 6. The molecule has 0 radical (unpaired) electrons. The second-order valence-electron chi connectivity index (χ2n) is 8.07. The van der Waals surface area contributed by atoms with Gasteiger partial charge in [0.1, 0.15) is 0 Å². The summed E-state index contributed by atoms with van der Waals surface area (Å²) in [7, 11) is -3.95. The van der Waals surface area contributed by atoms with Crippen LogP contribution >= 0.6 is 0 Å². The Hall–Kier alpha value is -3.20. The van der Waals surface area contributed by atoms with Crippen molar-refractivity contribution in [3.63, 3.8) is 0 Å². The second-order valence-corrected chi connectivity index (χ2v) is 9.75. The quantitative estimate of drug-likeness (QED) is 0.595. The van der Waals surface area contributed by atoms with Crippen molar-refractivity contribution in [3.05, 3.63) is 70.8 Å². The maximum atomic E-state index is 12.6. The van der Waals surface area contributed by atoms with Crippen molar-refractivity contribution in [3.8, 4) is 0 Å². The number of hydrogen-bond acceptors (Lipinski definition) is 5. The first-order chi connectivity index (χ1) is 15.4. The van der Waals surface area contributed by atoms with Crippen LogP contribution in [0.4, 0.5) is 4.79 Å². The van der Waals surface area contributed by atoms with Crippen molar-refractivity contribution in [2.75, 3.05) is 0 Å². The highest BCUT2D eigenvalue weighted by molar-refractivity contribution is 7.90. The molecule has 8 nitrogen and oxygen atoms in total. The van der Waals surface area contributed by atoms with Crippen molar-refractivity contribution in [2.24, 2.45) is 0 Å². The number of sulfonamides is 1. The minimum Gasteiger partial charge on any atom is -0.335 e. The lowest BCUT2D eigenvalue weighted by Crippen LogP contribution is -2.45. The first-order valence-electron chi connectivity index (χ1n) is 10.8. The van der Waals surface area contributed by atoms with Gasteiger partial charge in [-0.15, -0.1) is 0 Å². The molecule has 9 heteroatoms. The molecule has 1 heterocycles. The van der Waals surface area contributed by atoms with E-state index in [2.05, 4.69) is 15.0 Å². The lowest BCUT2D eigenvalue weighted by molar-refractivity contribution is 0.237. The number of aromatic nitrogens is 2. The molecule has 168 valence electrons. The summed E-state index contributed by atoms with van der Waals surface area (Å²) in [5, 5.41) is 3.31. The number of hydrogen-bond donors (Lipinski definition) is 2. The number of nitrogens with one attached hydrogen (secondary N) is 2. The van der Waals surface area contributed by atoms with Crippen LogP contribution in [0, 0.1) is 0 Å². The zero-order chi connectivity index (χ0) is 22.6. The number of benzene rings is 2. The van der Waals surface area contributed by atoms with E-state index in [0.717, 1.165) is 37.7 Å². The summed E-state index contributed by atoms with van der Waals surface area (Å²) < 4.78 is 28.7. The summed E-state index contributed by atoms with van der Waals surface area (Å²) in [6.07, 6.45) is 7.04. The first-order valence-corrected chi connectivity index (χ1v) is 12.3. The van der Waals surface area contributed by atoms with E-state index in [9.17, 15) is 18.0 Å². The number of para-hydroxylation sites is 1. The Bertz CT molecular complexity index is 1260. The molecule has 3 aromatic rings. The third-order valence-electron chi connectivity index (χ3n) is 5.77. The Morgan fingerprint density at radius 2 is 1.75 bits per heavy atom. The molecule has 2 N–H and O–H groups in total. The molecule has 1 saturated carbocycles. The Kier molecular flexibility index (Phi) is 6.55. The van der Waals surface area contributed by atoms with E-state index in [1.54, 1.807) is 34.9 Å². The molecule has 0 unspecified atom stereocenters. The van der Waals surface area contributed by atoms with E-state index in [4.69, 9.17) is 0 Å². The number of amides is 2. The van der Waals surface area contributed by atoms with Crippen LogP contribution in [-0.2, 0) is 23.0 Å². The molecule has 0 bridgehead atoms. The van der Waals surface area contributed by atoms with Crippen molar-refractivity contribution in [1.29, 1.82) is 0 Å². The van der Waals surface area contributed by atoms with Crippen molar-refractivity contribution < 1.29 is 13.2 Å². The van der Waals surface area contributed by atoms with Gasteiger partial charge >= 0.3 is 6.03 Å². The number of carbonyl (C=O) groups excluding carboxylic acids is 1. The van der Waals surface area contributed by atoms with Gasteiger partial charge in [-0.3, -0.25) is 9.36 Å². The summed E-state index contributed by atoms with van der Waals surface area (Å²) in [5.41, 5.74) is 1.42. The predicted octanol–water partition coefficient (Wildman–Crippen LogP) is 2.96. The number of urea groups is 1. The molecule has 32 heavy (non-hydrogen) atoms. The molecule has 2 amide bonds. The fourth-order valence-electron chi connectivity index (χ4n) is 3.99. The maximum absolute atomic E-state index is 12.6. The molecule has 4 rings (SSSR count). The molecule has 0 aliphatic heterocycles. The number of aryl methyl sites for hydroxylation is 2. The van der Waals surface area contributed by atoms with Gasteiger partial charge in [0.05, 0.1) is 22.1 Å². The normalized spacial score (nSPS) is 14.9. The van der Waals surface area contributed by atoms with Gasteiger partial charge in [0.25, 0.3) is 15.6 Å². The van der Waals surface area contributed by atoms with Crippen LogP contribution < -0.4 is 15.6 Å².